The van der Waals surface area contributed by atoms with Crippen LogP contribution >= 0.6 is 7.82 Å². The smallest absolute Gasteiger partial charge is 0.360 e. The molecule has 1 unspecified atom stereocenters. The van der Waals surface area contributed by atoms with Crippen molar-refractivity contribution in [2.75, 3.05) is 46.3 Å². The fraction of sp³-hybridized carbons (Fsp3) is 0.500. The minimum absolute atomic E-state index is 0.0404. The summed E-state index contributed by atoms with van der Waals surface area (Å²) in [7, 11) is 1.52. The lowest BCUT2D eigenvalue weighted by atomic mass is 10.2. The average Bonchev–Trinajstić information content (AvgIpc) is 2.94. The SMILES string of the molecule is C[N+](C)(C)CCOP(=O)(O)OCNc1ccc([N+](=O)[O-])c2nonc12. The number of non-ortho nitro benzene ring substituents is 1. The maximum Gasteiger partial charge on any atom is 0.474 e. The molecule has 1 atom stereocenters. The fourth-order valence-corrected chi connectivity index (χ4v) is 2.42. The van der Waals surface area contributed by atoms with Crippen molar-refractivity contribution in [2.24, 2.45) is 0 Å². The molecule has 13 heteroatoms. The Labute approximate surface area is 142 Å². The molecule has 138 valence electrons. The first-order valence-electron chi connectivity index (χ1n) is 7.15. The lowest BCUT2D eigenvalue weighted by molar-refractivity contribution is -0.870. The number of hydrogen-bond donors (Lipinski definition) is 2. The second-order valence-corrected chi connectivity index (χ2v) is 7.57. The van der Waals surface area contributed by atoms with Gasteiger partial charge in [-0.1, -0.05) is 0 Å². The normalized spacial score (nSPS) is 14.4. The van der Waals surface area contributed by atoms with Crippen LogP contribution in [0.1, 0.15) is 0 Å². The number of nitro groups is 1. The first-order chi connectivity index (χ1) is 11.6. The zero-order valence-electron chi connectivity index (χ0n) is 13.9. The molecule has 0 saturated carbocycles. The lowest BCUT2D eigenvalue weighted by Crippen LogP contribution is -2.37. The number of rotatable bonds is 9. The van der Waals surface area contributed by atoms with Gasteiger partial charge in [0, 0.05) is 6.07 Å². The van der Waals surface area contributed by atoms with E-state index in [1.165, 1.54) is 12.1 Å². The van der Waals surface area contributed by atoms with Crippen LogP contribution in [0.2, 0.25) is 0 Å². The molecule has 1 aromatic heterocycles. The standard InChI is InChI=1S/C12H18N5O7P/c1-17(2,3)6-7-22-25(20,21)23-8-13-9-4-5-10(16(18)19)12-11(9)14-24-15-12/h4-5,13H,6-8H2,1-3H3/p+1. The predicted octanol–water partition coefficient (Wildman–Crippen LogP) is 1.34. The number of hydrogen-bond acceptors (Lipinski definition) is 9. The van der Waals surface area contributed by atoms with Gasteiger partial charge in [0.25, 0.3) is 0 Å². The first kappa shape index (κ1) is 19.2. The molecule has 0 amide bonds. The van der Waals surface area contributed by atoms with Crippen LogP contribution in [0, 0.1) is 10.1 Å². The molecule has 2 aromatic rings. The number of likely N-dealkylation sites (N-methyl/N-ethyl adjacent to an activating group) is 1. The van der Waals surface area contributed by atoms with Crippen LogP contribution in [0.15, 0.2) is 16.8 Å². The maximum atomic E-state index is 11.8. The Hall–Kier alpha value is -2.11. The highest BCUT2D eigenvalue weighted by atomic mass is 31.2. The van der Waals surface area contributed by atoms with Gasteiger partial charge in [-0.25, -0.2) is 9.19 Å². The van der Waals surface area contributed by atoms with Crippen LogP contribution in [-0.2, 0) is 13.6 Å². The Morgan fingerprint density at radius 1 is 1.32 bits per heavy atom. The third kappa shape index (κ3) is 5.44. The third-order valence-electron chi connectivity index (χ3n) is 3.10. The van der Waals surface area contributed by atoms with E-state index in [0.29, 0.717) is 16.7 Å². The number of fused-ring (bicyclic) bond motifs is 1. The van der Waals surface area contributed by atoms with Crippen molar-refractivity contribution in [2.45, 2.75) is 0 Å². The molecular formula is C12H19N5O7P+. The summed E-state index contributed by atoms with van der Waals surface area (Å²) in [4.78, 5) is 19.9. The van der Waals surface area contributed by atoms with Gasteiger partial charge in [0.05, 0.1) is 31.8 Å². The number of anilines is 1. The van der Waals surface area contributed by atoms with Crippen LogP contribution in [0.5, 0.6) is 0 Å². The first-order valence-corrected chi connectivity index (χ1v) is 8.64. The van der Waals surface area contributed by atoms with Gasteiger partial charge in [0.1, 0.15) is 19.9 Å². The summed E-state index contributed by atoms with van der Waals surface area (Å²) < 4.78 is 26.5. The van der Waals surface area contributed by atoms with E-state index in [4.69, 9.17) is 9.05 Å². The largest absolute Gasteiger partial charge is 0.474 e. The molecule has 2 N–H and O–H groups in total. The fourth-order valence-electron chi connectivity index (χ4n) is 1.80. The Morgan fingerprint density at radius 2 is 2.00 bits per heavy atom. The topological polar surface area (TPSA) is 150 Å². The van der Waals surface area contributed by atoms with Gasteiger partial charge >= 0.3 is 13.5 Å². The van der Waals surface area contributed by atoms with E-state index in [1.807, 2.05) is 21.1 Å². The number of phosphoric acid groups is 1. The minimum Gasteiger partial charge on any atom is -0.360 e. The summed E-state index contributed by atoms with van der Waals surface area (Å²) in [6.07, 6.45) is 0. The monoisotopic (exact) mass is 376 g/mol. The van der Waals surface area contributed by atoms with Crippen LogP contribution in [0.25, 0.3) is 11.0 Å². The number of nitrogens with one attached hydrogen (secondary N) is 1. The molecule has 25 heavy (non-hydrogen) atoms. The zero-order chi connectivity index (χ0) is 18.7. The zero-order valence-corrected chi connectivity index (χ0v) is 14.8. The van der Waals surface area contributed by atoms with Gasteiger partial charge < -0.3 is 14.7 Å². The van der Waals surface area contributed by atoms with E-state index in [9.17, 15) is 19.6 Å². The summed E-state index contributed by atoms with van der Waals surface area (Å²) >= 11 is 0. The van der Waals surface area contributed by atoms with Gasteiger partial charge in [0.2, 0.25) is 5.52 Å². The van der Waals surface area contributed by atoms with Crippen molar-refractivity contribution >= 4 is 30.2 Å². The van der Waals surface area contributed by atoms with E-state index < -0.39 is 12.7 Å². The van der Waals surface area contributed by atoms with Gasteiger partial charge in [-0.2, -0.15) is 0 Å². The number of aromatic nitrogens is 2. The lowest BCUT2D eigenvalue weighted by Gasteiger charge is -2.24. The van der Waals surface area contributed by atoms with Crippen molar-refractivity contribution < 1.29 is 32.5 Å². The number of quaternary nitrogens is 1. The maximum absolute atomic E-state index is 11.8. The Balaban J connectivity index is 1.95. The molecule has 0 aliphatic heterocycles. The highest BCUT2D eigenvalue weighted by Crippen LogP contribution is 2.43. The van der Waals surface area contributed by atoms with Crippen molar-refractivity contribution in [3.8, 4) is 0 Å². The van der Waals surface area contributed by atoms with E-state index >= 15 is 0 Å². The second-order valence-electron chi connectivity index (χ2n) is 6.12. The average molecular weight is 376 g/mol. The summed E-state index contributed by atoms with van der Waals surface area (Å²) in [5, 5.41) is 20.6. The summed E-state index contributed by atoms with van der Waals surface area (Å²) in [5.74, 6) is 0. The number of nitrogens with zero attached hydrogens (tertiary/aromatic N) is 4. The van der Waals surface area contributed by atoms with Crippen molar-refractivity contribution in [1.82, 2.24) is 10.3 Å². The molecule has 0 spiro atoms. The number of phosphoric ester groups is 1. The molecule has 1 heterocycles. The summed E-state index contributed by atoms with van der Waals surface area (Å²) in [6, 6.07) is 2.58. The number of benzene rings is 1. The van der Waals surface area contributed by atoms with Crippen LogP contribution in [0.3, 0.4) is 0 Å². The predicted molar refractivity (Wildman–Crippen MR) is 86.7 cm³/mol. The van der Waals surface area contributed by atoms with E-state index in [-0.39, 0.29) is 30.1 Å². The third-order valence-corrected chi connectivity index (χ3v) is 4.06. The van der Waals surface area contributed by atoms with Crippen LogP contribution in [0.4, 0.5) is 11.4 Å². The van der Waals surface area contributed by atoms with E-state index in [2.05, 4.69) is 20.3 Å². The van der Waals surface area contributed by atoms with E-state index in [1.54, 1.807) is 0 Å². The number of nitro benzene ring substituents is 1. The molecule has 12 nitrogen and oxygen atoms in total. The Bertz CT molecular complexity index is 803. The second kappa shape index (κ2) is 7.42. The van der Waals surface area contributed by atoms with Gasteiger partial charge in [-0.15, -0.1) is 0 Å². The van der Waals surface area contributed by atoms with Gasteiger partial charge in [0.15, 0.2) is 5.52 Å². The molecule has 0 saturated heterocycles. The summed E-state index contributed by atoms with van der Waals surface area (Å²) in [6.45, 7) is 0.194. The van der Waals surface area contributed by atoms with Gasteiger partial charge in [-0.3, -0.25) is 19.2 Å². The highest BCUT2D eigenvalue weighted by Gasteiger charge is 2.23. The quantitative estimate of drug-likeness (QED) is 0.216. The van der Waals surface area contributed by atoms with Crippen LogP contribution < -0.4 is 5.32 Å². The molecule has 0 radical (unpaired) electrons. The molecule has 2 rings (SSSR count). The molecule has 1 aromatic carbocycles. The molecule has 0 aliphatic carbocycles. The highest BCUT2D eigenvalue weighted by molar-refractivity contribution is 7.47. The molecular weight excluding hydrogens is 357 g/mol. The molecule has 0 bridgehead atoms. The van der Waals surface area contributed by atoms with Crippen LogP contribution in [-0.4, -0.2) is 65.6 Å². The minimum atomic E-state index is -4.23. The van der Waals surface area contributed by atoms with Gasteiger partial charge in [-0.05, 0) is 16.4 Å². The summed E-state index contributed by atoms with van der Waals surface area (Å²) in [5.41, 5.74) is 0.102. The van der Waals surface area contributed by atoms with Crippen molar-refractivity contribution in [3.63, 3.8) is 0 Å². The molecule has 0 aliphatic rings. The van der Waals surface area contributed by atoms with Crippen molar-refractivity contribution in [3.05, 3.63) is 22.2 Å². The Kier molecular flexibility index (Phi) is 5.70. The molecule has 0 fully saturated rings. The van der Waals surface area contributed by atoms with E-state index in [0.717, 1.165) is 0 Å². The Morgan fingerprint density at radius 3 is 2.64 bits per heavy atom. The van der Waals surface area contributed by atoms with Crippen molar-refractivity contribution in [1.29, 1.82) is 0 Å².